The van der Waals surface area contributed by atoms with Gasteiger partial charge in [0.25, 0.3) is 0 Å². The molecule has 1 atom stereocenters. The van der Waals surface area contributed by atoms with Crippen LogP contribution in [0.5, 0.6) is 0 Å². The van der Waals surface area contributed by atoms with E-state index in [1.54, 1.807) is 11.3 Å². The van der Waals surface area contributed by atoms with Gasteiger partial charge in [-0.25, -0.2) is 0 Å². The molecule has 96 valence electrons. The average Bonchev–Trinajstić information content (AvgIpc) is 2.76. The molecular formula is C14H13BrCl2S. The number of benzene rings is 1. The molecule has 2 aromatic rings. The molecule has 0 radical (unpaired) electrons. The molecule has 1 aromatic heterocycles. The van der Waals surface area contributed by atoms with Crippen molar-refractivity contribution < 1.29 is 0 Å². The Labute approximate surface area is 130 Å². The van der Waals surface area contributed by atoms with Gasteiger partial charge in [-0.05, 0) is 58.5 Å². The van der Waals surface area contributed by atoms with Crippen LogP contribution in [0.4, 0.5) is 0 Å². The van der Waals surface area contributed by atoms with E-state index in [0.29, 0.717) is 11.8 Å². The molecule has 0 amide bonds. The van der Waals surface area contributed by atoms with E-state index in [1.165, 1.54) is 14.2 Å². The van der Waals surface area contributed by atoms with Crippen LogP contribution >= 0.6 is 50.5 Å². The summed E-state index contributed by atoms with van der Waals surface area (Å²) >= 11 is 17.5. The minimum Gasteiger partial charge on any atom is -0.133 e. The molecular weight excluding hydrogens is 351 g/mol. The number of hydrogen-bond donors (Lipinski definition) is 0. The van der Waals surface area contributed by atoms with Crippen molar-refractivity contribution in [3.05, 3.63) is 55.6 Å². The summed E-state index contributed by atoms with van der Waals surface area (Å²) in [5.41, 5.74) is 1.18. The third kappa shape index (κ3) is 3.99. The topological polar surface area (TPSA) is 0 Å². The summed E-state index contributed by atoms with van der Waals surface area (Å²) in [7, 11) is 0. The number of halogens is 3. The summed E-state index contributed by atoms with van der Waals surface area (Å²) in [6.07, 6.45) is 1.93. The molecule has 0 aliphatic rings. The van der Waals surface area contributed by atoms with E-state index in [0.717, 1.165) is 17.9 Å². The number of alkyl halides is 1. The molecule has 0 aliphatic carbocycles. The first kappa shape index (κ1) is 14.4. The molecule has 0 fully saturated rings. The largest absolute Gasteiger partial charge is 0.133 e. The Balaban J connectivity index is 2.04. The first-order valence-corrected chi connectivity index (χ1v) is 8.25. The van der Waals surface area contributed by atoms with Gasteiger partial charge in [0.05, 0.1) is 3.79 Å². The van der Waals surface area contributed by atoms with Crippen LogP contribution < -0.4 is 0 Å². The van der Waals surface area contributed by atoms with Crippen LogP contribution in [0.15, 0.2) is 40.2 Å². The molecule has 2 rings (SSSR count). The minimum atomic E-state index is 0.428. The Bertz CT molecular complexity index is 510. The Morgan fingerprint density at radius 1 is 1.11 bits per heavy atom. The van der Waals surface area contributed by atoms with Gasteiger partial charge >= 0.3 is 0 Å². The Morgan fingerprint density at radius 3 is 2.50 bits per heavy atom. The lowest BCUT2D eigenvalue weighted by molar-refractivity contribution is 0.589. The smallest absolute Gasteiger partial charge is 0.0701 e. The predicted octanol–water partition coefficient (Wildman–Crippen LogP) is 5.80. The quantitative estimate of drug-likeness (QED) is 0.588. The molecule has 0 nitrogen and oxygen atoms in total. The fraction of sp³-hybridized carbons (Fsp3) is 0.286. The highest BCUT2D eigenvalue weighted by atomic mass is 79.9. The highest BCUT2D eigenvalue weighted by molar-refractivity contribution is 9.11. The third-order valence-electron chi connectivity index (χ3n) is 2.80. The molecule has 1 heterocycles. The van der Waals surface area contributed by atoms with Crippen molar-refractivity contribution in [3.63, 3.8) is 0 Å². The summed E-state index contributed by atoms with van der Waals surface area (Å²) < 4.78 is 1.17. The van der Waals surface area contributed by atoms with Crippen LogP contribution in [-0.4, -0.2) is 5.88 Å². The molecule has 1 unspecified atom stereocenters. The third-order valence-corrected chi connectivity index (χ3v) is 5.25. The van der Waals surface area contributed by atoms with Crippen LogP contribution in [0.2, 0.25) is 5.02 Å². The zero-order chi connectivity index (χ0) is 13.0. The van der Waals surface area contributed by atoms with Crippen molar-refractivity contribution in [1.29, 1.82) is 0 Å². The van der Waals surface area contributed by atoms with Crippen molar-refractivity contribution in [1.82, 2.24) is 0 Å². The Morgan fingerprint density at radius 2 is 1.89 bits per heavy atom. The molecule has 4 heteroatoms. The van der Waals surface area contributed by atoms with E-state index in [-0.39, 0.29) is 0 Å². The zero-order valence-corrected chi connectivity index (χ0v) is 13.6. The lowest BCUT2D eigenvalue weighted by Gasteiger charge is -2.13. The fourth-order valence-corrected chi connectivity index (χ4v) is 3.93. The predicted molar refractivity (Wildman–Crippen MR) is 85.1 cm³/mol. The van der Waals surface area contributed by atoms with Gasteiger partial charge in [0, 0.05) is 15.8 Å². The highest BCUT2D eigenvalue weighted by Gasteiger charge is 2.12. The van der Waals surface area contributed by atoms with E-state index in [2.05, 4.69) is 34.1 Å². The van der Waals surface area contributed by atoms with Crippen molar-refractivity contribution in [3.8, 4) is 0 Å². The normalized spacial score (nSPS) is 12.6. The van der Waals surface area contributed by atoms with Gasteiger partial charge in [0.1, 0.15) is 0 Å². The summed E-state index contributed by atoms with van der Waals surface area (Å²) in [5.74, 6) is 1.08. The average molecular weight is 364 g/mol. The van der Waals surface area contributed by atoms with Crippen molar-refractivity contribution in [2.24, 2.45) is 5.92 Å². The summed E-state index contributed by atoms with van der Waals surface area (Å²) in [6.45, 7) is 0. The van der Waals surface area contributed by atoms with E-state index in [1.807, 2.05) is 18.2 Å². The summed E-state index contributed by atoms with van der Waals surface area (Å²) in [6, 6.07) is 12.2. The van der Waals surface area contributed by atoms with E-state index in [9.17, 15) is 0 Å². The van der Waals surface area contributed by atoms with Crippen LogP contribution in [0.25, 0.3) is 0 Å². The lowest BCUT2D eigenvalue weighted by atomic mass is 9.97. The number of rotatable bonds is 5. The number of hydrogen-bond acceptors (Lipinski definition) is 1. The maximum Gasteiger partial charge on any atom is 0.0701 e. The molecule has 0 saturated carbocycles. The summed E-state index contributed by atoms with van der Waals surface area (Å²) in [5, 5.41) is 0.833. The maximum atomic E-state index is 6.18. The molecule has 1 aromatic carbocycles. The molecule has 0 aliphatic heterocycles. The molecule has 18 heavy (non-hydrogen) atoms. The Kier molecular flexibility index (Phi) is 5.56. The van der Waals surface area contributed by atoms with E-state index < -0.39 is 0 Å². The number of thiophene rings is 1. The molecule has 0 bridgehead atoms. The first-order chi connectivity index (χ1) is 8.69. The zero-order valence-electron chi connectivity index (χ0n) is 9.70. The van der Waals surface area contributed by atoms with Gasteiger partial charge in [-0.15, -0.1) is 22.9 Å². The van der Waals surface area contributed by atoms with Crippen molar-refractivity contribution >= 4 is 50.5 Å². The van der Waals surface area contributed by atoms with Crippen LogP contribution in [0.3, 0.4) is 0 Å². The molecule has 0 spiro atoms. The lowest BCUT2D eigenvalue weighted by Crippen LogP contribution is -2.09. The minimum absolute atomic E-state index is 0.428. The van der Waals surface area contributed by atoms with Gasteiger partial charge in [-0.3, -0.25) is 0 Å². The van der Waals surface area contributed by atoms with Gasteiger partial charge in [-0.1, -0.05) is 29.8 Å². The first-order valence-electron chi connectivity index (χ1n) is 5.72. The van der Waals surface area contributed by atoms with E-state index in [4.69, 9.17) is 23.2 Å². The van der Waals surface area contributed by atoms with Crippen molar-refractivity contribution in [2.75, 3.05) is 5.88 Å². The van der Waals surface area contributed by atoms with Crippen LogP contribution in [-0.2, 0) is 12.8 Å². The monoisotopic (exact) mass is 362 g/mol. The van der Waals surface area contributed by atoms with Gasteiger partial charge in [-0.2, -0.15) is 0 Å². The molecule has 0 N–H and O–H groups in total. The SMILES string of the molecule is ClCC(Cc1ccc(Br)s1)Cc1ccccc1Cl. The van der Waals surface area contributed by atoms with Crippen molar-refractivity contribution in [2.45, 2.75) is 12.8 Å². The van der Waals surface area contributed by atoms with Gasteiger partial charge < -0.3 is 0 Å². The second kappa shape index (κ2) is 6.95. The van der Waals surface area contributed by atoms with E-state index >= 15 is 0 Å². The second-order valence-electron chi connectivity index (χ2n) is 4.23. The van der Waals surface area contributed by atoms with Crippen LogP contribution in [0.1, 0.15) is 10.4 Å². The maximum absolute atomic E-state index is 6.18. The van der Waals surface area contributed by atoms with Gasteiger partial charge in [0.2, 0.25) is 0 Å². The highest BCUT2D eigenvalue weighted by Crippen LogP contribution is 2.27. The van der Waals surface area contributed by atoms with Gasteiger partial charge in [0.15, 0.2) is 0 Å². The fourth-order valence-electron chi connectivity index (χ4n) is 1.90. The second-order valence-corrected chi connectivity index (χ2v) is 7.49. The Hall–Kier alpha value is -0.0200. The molecule has 0 saturated heterocycles. The van der Waals surface area contributed by atoms with Crippen LogP contribution in [0, 0.1) is 5.92 Å². The summed E-state index contributed by atoms with van der Waals surface area (Å²) in [4.78, 5) is 1.36. The standard InChI is InChI=1S/C14H13BrCl2S/c15-14-6-5-12(18-14)8-10(9-16)7-11-3-1-2-4-13(11)17/h1-6,10H,7-9H2.